The van der Waals surface area contributed by atoms with Gasteiger partial charge in [0.1, 0.15) is 28.2 Å². The molecule has 0 saturated heterocycles. The van der Waals surface area contributed by atoms with Crippen LogP contribution in [0.4, 0.5) is 0 Å². The second-order valence-electron chi connectivity index (χ2n) is 6.28. The van der Waals surface area contributed by atoms with Gasteiger partial charge < -0.3 is 24.8 Å². The number of hydrogen-bond acceptors (Lipinski definition) is 6. The number of phenolic OH excluding ortho intramolecular Hbond substituents is 3. The number of phenols is 3. The molecule has 3 aromatic rings. The second kappa shape index (κ2) is 6.48. The Morgan fingerprint density at radius 1 is 1.04 bits per heavy atom. The topological polar surface area (TPSA) is 111 Å². The van der Waals surface area contributed by atoms with Crippen molar-refractivity contribution in [2.24, 2.45) is 0 Å². The molecule has 6 heteroatoms. The molecule has 26 heavy (non-hydrogen) atoms. The fraction of sp³-hybridized carbons (Fsp3) is 0.150. The third kappa shape index (κ3) is 3.09. The Kier molecular flexibility index (Phi) is 4.34. The first-order chi connectivity index (χ1) is 12.3. The van der Waals surface area contributed by atoms with Gasteiger partial charge in [0.15, 0.2) is 5.76 Å². The molecule has 0 saturated carbocycles. The zero-order valence-corrected chi connectivity index (χ0v) is 14.3. The van der Waals surface area contributed by atoms with Crippen LogP contribution < -0.4 is 5.43 Å². The summed E-state index contributed by atoms with van der Waals surface area (Å²) in [6.45, 7) is 3.88. The summed E-state index contributed by atoms with van der Waals surface area (Å²) in [5.41, 5.74) is 1.21. The van der Waals surface area contributed by atoms with E-state index in [4.69, 9.17) is 4.42 Å². The number of rotatable bonds is 3. The first-order valence-electron chi connectivity index (χ1n) is 7.95. The normalized spacial score (nSPS) is 10.8. The average Bonchev–Trinajstić information content (AvgIpc) is 2.56. The molecule has 0 aliphatic rings. The third-order valence-electron chi connectivity index (χ3n) is 4.01. The average molecular weight is 354 g/mol. The summed E-state index contributed by atoms with van der Waals surface area (Å²) in [4.78, 5) is 12.4. The molecule has 0 unspecified atom stereocenters. The molecule has 0 aliphatic carbocycles. The predicted octanol–water partition coefficient (Wildman–Crippen LogP) is 3.79. The molecule has 3 rings (SSSR count). The van der Waals surface area contributed by atoms with Crippen LogP contribution in [0.3, 0.4) is 0 Å². The van der Waals surface area contributed by atoms with Crippen molar-refractivity contribution in [3.63, 3.8) is 0 Å². The van der Waals surface area contributed by atoms with Gasteiger partial charge in [0.2, 0.25) is 11.2 Å². The van der Waals surface area contributed by atoms with Crippen molar-refractivity contribution in [1.29, 1.82) is 0 Å². The van der Waals surface area contributed by atoms with Crippen LogP contribution in [0.5, 0.6) is 23.0 Å². The number of allylic oxidation sites excluding steroid dienone is 2. The zero-order valence-electron chi connectivity index (χ0n) is 14.3. The molecule has 4 N–H and O–H groups in total. The van der Waals surface area contributed by atoms with Gasteiger partial charge in [-0.15, -0.1) is 0 Å². The Labute approximate surface area is 148 Å². The highest BCUT2D eigenvalue weighted by Crippen LogP contribution is 2.36. The second-order valence-corrected chi connectivity index (χ2v) is 6.28. The minimum atomic E-state index is -0.808. The van der Waals surface area contributed by atoms with E-state index in [0.29, 0.717) is 17.5 Å². The van der Waals surface area contributed by atoms with Gasteiger partial charge in [-0.1, -0.05) is 11.6 Å². The molecule has 0 aliphatic heterocycles. The maximum absolute atomic E-state index is 12.4. The number of hydrogen-bond donors (Lipinski definition) is 4. The van der Waals surface area contributed by atoms with Crippen LogP contribution in [0.1, 0.15) is 19.4 Å². The van der Waals surface area contributed by atoms with Crippen molar-refractivity contribution in [3.05, 3.63) is 57.8 Å². The lowest BCUT2D eigenvalue weighted by molar-refractivity contribution is 0.438. The van der Waals surface area contributed by atoms with Gasteiger partial charge in [0, 0.05) is 17.7 Å². The van der Waals surface area contributed by atoms with E-state index in [1.54, 1.807) is 6.07 Å². The highest BCUT2D eigenvalue weighted by molar-refractivity contribution is 5.88. The van der Waals surface area contributed by atoms with E-state index in [1.165, 1.54) is 18.2 Å². The monoisotopic (exact) mass is 354 g/mol. The van der Waals surface area contributed by atoms with Gasteiger partial charge in [0.25, 0.3) is 0 Å². The lowest BCUT2D eigenvalue weighted by Crippen LogP contribution is -2.03. The van der Waals surface area contributed by atoms with Gasteiger partial charge in [-0.25, -0.2) is 0 Å². The van der Waals surface area contributed by atoms with Crippen LogP contribution >= 0.6 is 0 Å². The van der Waals surface area contributed by atoms with Crippen LogP contribution in [0.25, 0.3) is 22.3 Å². The molecule has 0 spiro atoms. The summed E-state index contributed by atoms with van der Waals surface area (Å²) in [5, 5.41) is 39.5. The summed E-state index contributed by atoms with van der Waals surface area (Å²) < 4.78 is 5.57. The van der Waals surface area contributed by atoms with Crippen molar-refractivity contribution in [2.75, 3.05) is 0 Å². The van der Waals surface area contributed by atoms with Gasteiger partial charge in [0.05, 0.1) is 0 Å². The highest BCUT2D eigenvalue weighted by atomic mass is 16.4. The molecule has 0 radical (unpaired) electrons. The Balaban J connectivity index is 2.23. The van der Waals surface area contributed by atoms with E-state index in [9.17, 15) is 25.2 Å². The van der Waals surface area contributed by atoms with Crippen molar-refractivity contribution >= 4 is 11.0 Å². The molecule has 6 nitrogen and oxygen atoms in total. The Morgan fingerprint density at radius 2 is 1.77 bits per heavy atom. The number of fused-ring (bicyclic) bond motifs is 1. The zero-order chi connectivity index (χ0) is 19.0. The molecule has 2 aromatic carbocycles. The summed E-state index contributed by atoms with van der Waals surface area (Å²) >= 11 is 0. The van der Waals surface area contributed by atoms with Crippen molar-refractivity contribution < 1.29 is 24.8 Å². The lowest BCUT2D eigenvalue weighted by atomic mass is 10.0. The Bertz CT molecular complexity index is 1090. The first-order valence-corrected chi connectivity index (χ1v) is 7.95. The summed E-state index contributed by atoms with van der Waals surface area (Å²) in [7, 11) is 0. The lowest BCUT2D eigenvalue weighted by Gasteiger charge is -2.09. The fourth-order valence-corrected chi connectivity index (χ4v) is 2.68. The molecule has 134 valence electrons. The van der Waals surface area contributed by atoms with E-state index in [0.717, 1.165) is 11.6 Å². The number of benzene rings is 2. The molecule has 0 atom stereocenters. The van der Waals surface area contributed by atoms with E-state index in [1.807, 2.05) is 19.9 Å². The van der Waals surface area contributed by atoms with Crippen LogP contribution in [0, 0.1) is 0 Å². The molecular formula is C20H18O6. The predicted molar refractivity (Wildman–Crippen MR) is 97.7 cm³/mol. The van der Waals surface area contributed by atoms with E-state index < -0.39 is 16.9 Å². The standard InChI is InChI=1S/C20H18O6/c1-10(2)3-4-11-7-12(5-6-14(11)22)20-19(25)18(24)17-15(23)8-13(21)9-16(17)26-20/h3,5-9,21-23,25H,4H2,1-2H3. The van der Waals surface area contributed by atoms with Gasteiger partial charge in [-0.3, -0.25) is 4.79 Å². The maximum atomic E-state index is 12.4. The maximum Gasteiger partial charge on any atom is 0.238 e. The SMILES string of the molecule is CC(C)=CCc1cc(-c2oc3cc(O)cc(O)c3c(=O)c2O)ccc1O. The Hall–Kier alpha value is -3.41. The van der Waals surface area contributed by atoms with Crippen LogP contribution in [0.15, 0.2) is 51.2 Å². The summed E-state index contributed by atoms with van der Waals surface area (Å²) in [6.07, 6.45) is 2.41. The first kappa shape index (κ1) is 17.4. The van der Waals surface area contributed by atoms with E-state index in [-0.39, 0.29) is 28.2 Å². The van der Waals surface area contributed by atoms with Crippen molar-refractivity contribution in [2.45, 2.75) is 20.3 Å². The minimum Gasteiger partial charge on any atom is -0.508 e. The molecular weight excluding hydrogens is 336 g/mol. The quantitative estimate of drug-likeness (QED) is 0.533. The van der Waals surface area contributed by atoms with Crippen LogP contribution in [-0.2, 0) is 6.42 Å². The third-order valence-corrected chi connectivity index (χ3v) is 4.01. The molecule has 0 amide bonds. The molecule has 0 fully saturated rings. The van der Waals surface area contributed by atoms with Gasteiger partial charge in [-0.2, -0.15) is 0 Å². The minimum absolute atomic E-state index is 0.0563. The summed E-state index contributed by atoms with van der Waals surface area (Å²) in [6, 6.07) is 6.75. The van der Waals surface area contributed by atoms with Crippen LogP contribution in [-0.4, -0.2) is 20.4 Å². The fourth-order valence-electron chi connectivity index (χ4n) is 2.68. The van der Waals surface area contributed by atoms with E-state index >= 15 is 0 Å². The summed E-state index contributed by atoms with van der Waals surface area (Å²) in [5.74, 6) is -1.43. The van der Waals surface area contributed by atoms with Gasteiger partial charge in [-0.05, 0) is 44.0 Å². The number of aromatic hydroxyl groups is 4. The molecule has 1 aromatic heterocycles. The Morgan fingerprint density at radius 3 is 2.46 bits per heavy atom. The molecule has 0 bridgehead atoms. The van der Waals surface area contributed by atoms with Crippen LogP contribution in [0.2, 0.25) is 0 Å². The van der Waals surface area contributed by atoms with E-state index in [2.05, 4.69) is 0 Å². The smallest absolute Gasteiger partial charge is 0.238 e. The molecule has 1 heterocycles. The van der Waals surface area contributed by atoms with Crippen molar-refractivity contribution in [1.82, 2.24) is 0 Å². The highest BCUT2D eigenvalue weighted by Gasteiger charge is 2.19. The largest absolute Gasteiger partial charge is 0.508 e. The van der Waals surface area contributed by atoms with Crippen molar-refractivity contribution in [3.8, 4) is 34.3 Å². The van der Waals surface area contributed by atoms with Gasteiger partial charge >= 0.3 is 0 Å².